The van der Waals surface area contributed by atoms with E-state index < -0.39 is 42.7 Å². The van der Waals surface area contributed by atoms with Crippen LogP contribution in [0.4, 0.5) is 4.79 Å². The number of nitrogens with two attached hydrogens (primary N) is 5. The molecule has 29 heavy (non-hydrogen) atoms. The first-order valence-electron chi connectivity index (χ1n) is 9.75. The highest BCUT2D eigenvalue weighted by Gasteiger charge is 2.41. The summed E-state index contributed by atoms with van der Waals surface area (Å²) >= 11 is 0. The SMILES string of the molecule is NCCN(O)C(=O)N[C@H]1C[C@@H](O)C(O[C@H]2O[C@H](CN)CC[C@H]2N=C(N)N)[C@@H](N)C1. The summed E-state index contributed by atoms with van der Waals surface area (Å²) in [6, 6.07) is -2.16. The van der Waals surface area contributed by atoms with E-state index in [1.165, 1.54) is 0 Å². The van der Waals surface area contributed by atoms with Gasteiger partial charge in [-0.25, -0.2) is 14.9 Å². The number of aliphatic hydroxyl groups excluding tert-OH is 1. The molecule has 1 saturated carbocycles. The lowest BCUT2D eigenvalue weighted by molar-refractivity contribution is -0.242. The number of carbonyl (C=O) groups excluding carboxylic acids is 1. The number of carbonyl (C=O) groups is 1. The number of hydrogen-bond donors (Lipinski definition) is 8. The van der Waals surface area contributed by atoms with Crippen LogP contribution in [0, 0.1) is 0 Å². The van der Waals surface area contributed by atoms with Crippen LogP contribution in [0.3, 0.4) is 0 Å². The van der Waals surface area contributed by atoms with Crippen molar-refractivity contribution in [2.45, 2.75) is 68.4 Å². The van der Waals surface area contributed by atoms with Crippen molar-refractivity contribution in [2.75, 3.05) is 19.6 Å². The lowest BCUT2D eigenvalue weighted by Crippen LogP contribution is -2.59. The average molecular weight is 418 g/mol. The fourth-order valence-electron chi connectivity index (χ4n) is 3.66. The van der Waals surface area contributed by atoms with Crippen molar-refractivity contribution >= 4 is 12.0 Å². The minimum absolute atomic E-state index is 0.00753. The van der Waals surface area contributed by atoms with E-state index in [1.54, 1.807) is 0 Å². The molecule has 13 nitrogen and oxygen atoms in total. The molecule has 7 atom stereocenters. The van der Waals surface area contributed by atoms with E-state index in [4.69, 9.17) is 38.1 Å². The Labute approximate surface area is 169 Å². The van der Waals surface area contributed by atoms with Gasteiger partial charge < -0.3 is 48.6 Å². The number of aliphatic imine (C=N–C) groups is 1. The minimum Gasteiger partial charge on any atom is -0.390 e. The number of aliphatic hydroxyl groups is 1. The number of urea groups is 1. The van der Waals surface area contributed by atoms with E-state index >= 15 is 0 Å². The van der Waals surface area contributed by atoms with Gasteiger partial charge in [0.25, 0.3) is 0 Å². The van der Waals surface area contributed by atoms with Gasteiger partial charge in [0.15, 0.2) is 12.2 Å². The highest BCUT2D eigenvalue weighted by molar-refractivity contribution is 5.75. The molecule has 0 aromatic carbocycles. The molecule has 168 valence electrons. The number of hydroxylamine groups is 2. The van der Waals surface area contributed by atoms with Crippen molar-refractivity contribution in [2.24, 2.45) is 33.7 Å². The molecular formula is C16H34N8O5. The van der Waals surface area contributed by atoms with Crippen LogP contribution in [0.1, 0.15) is 25.7 Å². The zero-order valence-electron chi connectivity index (χ0n) is 16.4. The van der Waals surface area contributed by atoms with Crippen molar-refractivity contribution in [1.29, 1.82) is 0 Å². The fourth-order valence-corrected chi connectivity index (χ4v) is 3.66. The molecule has 0 bridgehead atoms. The lowest BCUT2D eigenvalue weighted by Gasteiger charge is -2.42. The van der Waals surface area contributed by atoms with Gasteiger partial charge >= 0.3 is 6.03 Å². The number of guanidine groups is 1. The maximum atomic E-state index is 11.9. The van der Waals surface area contributed by atoms with Gasteiger partial charge in [-0.2, -0.15) is 0 Å². The van der Waals surface area contributed by atoms with Crippen molar-refractivity contribution in [3.63, 3.8) is 0 Å². The van der Waals surface area contributed by atoms with Gasteiger partial charge in [-0.1, -0.05) is 0 Å². The zero-order chi connectivity index (χ0) is 21.6. The predicted octanol–water partition coefficient (Wildman–Crippen LogP) is -3.31. The van der Waals surface area contributed by atoms with Crippen molar-refractivity contribution < 1.29 is 24.6 Å². The van der Waals surface area contributed by atoms with E-state index in [0.29, 0.717) is 30.9 Å². The highest BCUT2D eigenvalue weighted by atomic mass is 16.7. The van der Waals surface area contributed by atoms with E-state index in [1.807, 2.05) is 0 Å². The smallest absolute Gasteiger partial charge is 0.341 e. The normalized spacial score (nSPS) is 35.0. The van der Waals surface area contributed by atoms with E-state index in [-0.39, 0.29) is 31.6 Å². The molecule has 2 fully saturated rings. The second-order valence-corrected chi connectivity index (χ2v) is 7.42. The van der Waals surface area contributed by atoms with Crippen LogP contribution >= 0.6 is 0 Å². The van der Waals surface area contributed by atoms with E-state index in [9.17, 15) is 15.1 Å². The van der Waals surface area contributed by atoms with Gasteiger partial charge in [-0.3, -0.25) is 5.21 Å². The maximum absolute atomic E-state index is 11.9. The Morgan fingerprint density at radius 2 is 2.00 bits per heavy atom. The van der Waals surface area contributed by atoms with Crippen molar-refractivity contribution in [3.8, 4) is 0 Å². The van der Waals surface area contributed by atoms with Gasteiger partial charge in [-0.15, -0.1) is 0 Å². The third-order valence-electron chi connectivity index (χ3n) is 5.08. The Morgan fingerprint density at radius 1 is 1.28 bits per heavy atom. The Balaban J connectivity index is 1.98. The standard InChI is InChI=1S/C16H34N8O5/c17-3-4-24(27)16(26)22-8-5-10(19)13(12(25)6-8)29-14-11(23-15(20)21)2-1-9(7-18)28-14/h8-14,25,27H,1-7,17-19H2,(H,22,26)(H4,20,21,23)/t8-,9+,10+,11-,12-,13?,14-/m1/s1. The second-order valence-electron chi connectivity index (χ2n) is 7.42. The van der Waals surface area contributed by atoms with E-state index in [0.717, 1.165) is 0 Å². The van der Waals surface area contributed by atoms with Gasteiger partial charge in [-0.05, 0) is 25.7 Å². The molecular weight excluding hydrogens is 384 g/mol. The first-order valence-corrected chi connectivity index (χ1v) is 9.75. The number of nitrogens with one attached hydrogen (secondary N) is 1. The molecule has 13 N–H and O–H groups in total. The molecule has 0 spiro atoms. The second kappa shape index (κ2) is 10.9. The quantitative estimate of drug-likeness (QED) is 0.0886. The Morgan fingerprint density at radius 3 is 2.59 bits per heavy atom. The molecule has 1 unspecified atom stereocenters. The first-order chi connectivity index (χ1) is 13.7. The number of hydrogen-bond acceptors (Lipinski definition) is 9. The van der Waals surface area contributed by atoms with Gasteiger partial charge in [0.05, 0.1) is 18.8 Å². The predicted molar refractivity (Wildman–Crippen MR) is 105 cm³/mol. The van der Waals surface area contributed by atoms with Crippen LogP contribution in [0.25, 0.3) is 0 Å². The Bertz CT molecular complexity index is 551. The number of nitrogens with zero attached hydrogens (tertiary/aromatic N) is 2. The largest absolute Gasteiger partial charge is 0.390 e. The summed E-state index contributed by atoms with van der Waals surface area (Å²) in [6.45, 7) is 0.434. The van der Waals surface area contributed by atoms with Gasteiger partial charge in [0, 0.05) is 25.2 Å². The maximum Gasteiger partial charge on any atom is 0.341 e. The number of ether oxygens (including phenoxy) is 2. The third-order valence-corrected chi connectivity index (χ3v) is 5.08. The van der Waals surface area contributed by atoms with E-state index in [2.05, 4.69) is 10.3 Å². The number of amides is 2. The molecule has 1 saturated heterocycles. The van der Waals surface area contributed by atoms with Crippen molar-refractivity contribution in [1.82, 2.24) is 10.4 Å². The van der Waals surface area contributed by atoms with Gasteiger partial charge in [0.1, 0.15) is 12.1 Å². The van der Waals surface area contributed by atoms with Crippen LogP contribution in [0.5, 0.6) is 0 Å². The molecule has 2 rings (SSSR count). The topological polar surface area (TPSA) is 234 Å². The Kier molecular flexibility index (Phi) is 8.82. The third kappa shape index (κ3) is 6.64. The van der Waals surface area contributed by atoms with Crippen LogP contribution in [-0.2, 0) is 9.47 Å². The van der Waals surface area contributed by atoms with Gasteiger partial charge in [0.2, 0.25) is 0 Å². The average Bonchev–Trinajstić information content (AvgIpc) is 2.65. The molecule has 1 heterocycles. The molecule has 1 aliphatic carbocycles. The van der Waals surface area contributed by atoms with Crippen LogP contribution in [0.2, 0.25) is 0 Å². The molecule has 1 aliphatic heterocycles. The molecule has 13 heteroatoms. The lowest BCUT2D eigenvalue weighted by atomic mass is 9.86. The summed E-state index contributed by atoms with van der Waals surface area (Å²) in [6.07, 6.45) is -0.866. The highest BCUT2D eigenvalue weighted by Crippen LogP contribution is 2.28. The van der Waals surface area contributed by atoms with Crippen LogP contribution in [-0.4, -0.2) is 89.7 Å². The summed E-state index contributed by atoms with van der Waals surface area (Å²) in [5, 5.41) is 23.2. The minimum atomic E-state index is -0.965. The molecule has 0 radical (unpaired) electrons. The fraction of sp³-hybridized carbons (Fsp3) is 0.875. The summed E-state index contributed by atoms with van der Waals surface area (Å²) in [7, 11) is 0. The molecule has 0 aromatic rings. The monoisotopic (exact) mass is 418 g/mol. The summed E-state index contributed by atoms with van der Waals surface area (Å²) < 4.78 is 11.8. The molecule has 0 aromatic heterocycles. The van der Waals surface area contributed by atoms with Crippen LogP contribution in [0.15, 0.2) is 4.99 Å². The zero-order valence-corrected chi connectivity index (χ0v) is 16.4. The first kappa shape index (κ1) is 23.5. The summed E-state index contributed by atoms with van der Waals surface area (Å²) in [5.74, 6) is -0.0827. The Hall–Kier alpha value is -1.74. The van der Waals surface area contributed by atoms with Crippen molar-refractivity contribution in [3.05, 3.63) is 0 Å². The number of rotatable bonds is 7. The molecule has 2 aliphatic rings. The molecule has 2 amide bonds. The summed E-state index contributed by atoms with van der Waals surface area (Å²) in [4.78, 5) is 16.1. The van der Waals surface area contributed by atoms with Crippen LogP contribution < -0.4 is 34.0 Å². The summed E-state index contributed by atoms with van der Waals surface area (Å²) in [5.41, 5.74) is 28.2.